The summed E-state index contributed by atoms with van der Waals surface area (Å²) in [4.78, 5) is 2.66. The molecule has 3 N–H and O–H groups in total. The number of rotatable bonds is 9. The highest BCUT2D eigenvalue weighted by atomic mass is 35.5. The molecule has 0 aromatic heterocycles. The zero-order chi connectivity index (χ0) is 12.7. The zero-order valence-electron chi connectivity index (χ0n) is 13.7. The monoisotopic (exact) mass is 304 g/mol. The van der Waals surface area contributed by atoms with Gasteiger partial charge in [0.05, 0.1) is 0 Å². The van der Waals surface area contributed by atoms with E-state index in [-0.39, 0.29) is 18.6 Å². The molecule has 20 heavy (non-hydrogen) atoms. The molecule has 0 atom stereocenters. The molecule has 3 saturated heterocycles. The molecule has 3 heterocycles. The summed E-state index contributed by atoms with van der Waals surface area (Å²) in [6.07, 6.45) is 17.8. The molecule has 122 valence electrons. The van der Waals surface area contributed by atoms with E-state index in [9.17, 15) is 0 Å². The van der Waals surface area contributed by atoms with Gasteiger partial charge in [-0.3, -0.25) is 0 Å². The first kappa shape index (κ1) is 20.2. The molecule has 2 bridgehead atoms. The van der Waals surface area contributed by atoms with Crippen LogP contribution >= 0.6 is 12.4 Å². The van der Waals surface area contributed by atoms with Crippen molar-refractivity contribution in [2.45, 2.75) is 84.0 Å². The predicted octanol–water partition coefficient (Wildman–Crippen LogP) is 5.59. The van der Waals surface area contributed by atoms with Crippen LogP contribution in [0.4, 0.5) is 0 Å². The second-order valence-electron chi connectivity index (χ2n) is 6.82. The molecule has 3 aliphatic rings. The Labute approximate surface area is 133 Å². The lowest BCUT2D eigenvalue weighted by Gasteiger charge is -2.48. The first-order valence-electron chi connectivity index (χ1n) is 8.57. The van der Waals surface area contributed by atoms with E-state index in [2.05, 4.69) is 11.8 Å². The van der Waals surface area contributed by atoms with Crippen molar-refractivity contribution in [3.8, 4) is 0 Å². The molecule has 0 radical (unpaired) electrons. The highest BCUT2D eigenvalue weighted by Gasteiger charge is 2.38. The first-order chi connectivity index (χ1) is 8.85. The third-order valence-electron chi connectivity index (χ3n) is 5.44. The number of unbranched alkanes of at least 4 members (excludes halogenated alkanes) is 7. The minimum atomic E-state index is 0. The lowest BCUT2D eigenvalue weighted by Crippen LogP contribution is -2.48. The minimum Gasteiger partial charge on any atom is -0.344 e. The number of halogens is 1. The van der Waals surface area contributed by atoms with Crippen molar-refractivity contribution in [2.75, 3.05) is 19.6 Å². The van der Waals surface area contributed by atoms with Gasteiger partial charge >= 0.3 is 0 Å². The van der Waals surface area contributed by atoms with Crippen LogP contribution < -0.4 is 6.15 Å². The summed E-state index contributed by atoms with van der Waals surface area (Å²) in [7, 11) is 0. The number of piperidine rings is 3. The van der Waals surface area contributed by atoms with Crippen molar-refractivity contribution in [3.63, 3.8) is 0 Å². The molecule has 0 aromatic rings. The van der Waals surface area contributed by atoms with E-state index < -0.39 is 0 Å². The summed E-state index contributed by atoms with van der Waals surface area (Å²) < 4.78 is 0. The summed E-state index contributed by atoms with van der Waals surface area (Å²) in [6.45, 7) is 6.50. The van der Waals surface area contributed by atoms with Crippen molar-refractivity contribution < 1.29 is 0 Å². The largest absolute Gasteiger partial charge is 0.344 e. The Morgan fingerprint density at radius 2 is 1.20 bits per heavy atom. The van der Waals surface area contributed by atoms with Gasteiger partial charge in [0.25, 0.3) is 0 Å². The molecule has 3 rings (SSSR count). The van der Waals surface area contributed by atoms with Gasteiger partial charge in [-0.15, -0.1) is 12.4 Å². The Morgan fingerprint density at radius 1 is 0.750 bits per heavy atom. The molecular formula is C17H37ClN2. The topological polar surface area (TPSA) is 38.2 Å². The molecule has 3 fully saturated rings. The minimum absolute atomic E-state index is 0. The van der Waals surface area contributed by atoms with Crippen LogP contribution in [0.15, 0.2) is 0 Å². The van der Waals surface area contributed by atoms with E-state index in [1.54, 1.807) is 0 Å². The van der Waals surface area contributed by atoms with Crippen LogP contribution in [0.25, 0.3) is 0 Å². The average Bonchev–Trinajstić information content (AvgIpc) is 2.44. The molecule has 0 saturated carbocycles. The first-order valence-corrected chi connectivity index (χ1v) is 8.57. The van der Waals surface area contributed by atoms with Crippen LogP contribution in [-0.4, -0.2) is 24.5 Å². The number of nitrogens with zero attached hydrogens (tertiary/aromatic N) is 1. The van der Waals surface area contributed by atoms with Crippen molar-refractivity contribution in [1.82, 2.24) is 11.1 Å². The normalized spacial score (nSPS) is 27.8. The van der Waals surface area contributed by atoms with Crippen LogP contribution in [0.2, 0.25) is 0 Å². The highest BCUT2D eigenvalue weighted by molar-refractivity contribution is 5.85. The van der Waals surface area contributed by atoms with Crippen LogP contribution in [0.5, 0.6) is 0 Å². The predicted molar refractivity (Wildman–Crippen MR) is 92.2 cm³/mol. The molecule has 3 heteroatoms. The summed E-state index contributed by atoms with van der Waals surface area (Å²) in [5.41, 5.74) is 0.789. The standard InChI is InChI=1S/C17H33N.ClH.H3N/c1-2-3-4-5-6-7-8-9-10-17-11-14-18(15-12-17)16-13-17;;/h2-16H2,1H3;1H;1H3. The molecule has 0 amide bonds. The quantitative estimate of drug-likeness (QED) is 0.564. The molecular weight excluding hydrogens is 268 g/mol. The maximum absolute atomic E-state index is 2.66. The number of fused-ring (bicyclic) bond motifs is 3. The summed E-state index contributed by atoms with van der Waals surface area (Å²) >= 11 is 0. The van der Waals surface area contributed by atoms with Gasteiger partial charge in [-0.05, 0) is 50.7 Å². The molecule has 0 aliphatic carbocycles. The Morgan fingerprint density at radius 3 is 1.70 bits per heavy atom. The van der Waals surface area contributed by atoms with Crippen LogP contribution in [0, 0.1) is 5.41 Å². The van der Waals surface area contributed by atoms with E-state index in [1.807, 2.05) is 0 Å². The number of hydrogen-bond donors (Lipinski definition) is 1. The van der Waals surface area contributed by atoms with Gasteiger partial charge in [0.15, 0.2) is 0 Å². The van der Waals surface area contributed by atoms with Gasteiger partial charge in [0.1, 0.15) is 0 Å². The fourth-order valence-electron chi connectivity index (χ4n) is 3.91. The molecule has 0 unspecified atom stereocenters. The second-order valence-corrected chi connectivity index (χ2v) is 6.82. The van der Waals surface area contributed by atoms with Crippen molar-refractivity contribution in [2.24, 2.45) is 5.41 Å². The molecule has 2 nitrogen and oxygen atoms in total. The maximum Gasteiger partial charge on any atom is -0.00134 e. The lowest BCUT2D eigenvalue weighted by atomic mass is 9.69. The van der Waals surface area contributed by atoms with Gasteiger partial charge in [0, 0.05) is 0 Å². The third-order valence-corrected chi connectivity index (χ3v) is 5.44. The Hall–Kier alpha value is 0.210. The highest BCUT2D eigenvalue weighted by Crippen LogP contribution is 2.43. The van der Waals surface area contributed by atoms with Crippen LogP contribution in [0.1, 0.15) is 84.0 Å². The van der Waals surface area contributed by atoms with Crippen molar-refractivity contribution in [1.29, 1.82) is 0 Å². The van der Waals surface area contributed by atoms with E-state index in [4.69, 9.17) is 0 Å². The Balaban J connectivity index is 0.00000180. The Bertz CT molecular complexity index is 211. The molecule has 0 aromatic carbocycles. The van der Waals surface area contributed by atoms with Gasteiger partial charge < -0.3 is 11.1 Å². The van der Waals surface area contributed by atoms with E-state index in [0.717, 1.165) is 5.41 Å². The van der Waals surface area contributed by atoms with Crippen molar-refractivity contribution in [3.05, 3.63) is 0 Å². The number of hydrogen-bond acceptors (Lipinski definition) is 2. The fourth-order valence-corrected chi connectivity index (χ4v) is 3.91. The summed E-state index contributed by atoms with van der Waals surface area (Å²) in [5, 5.41) is 0. The van der Waals surface area contributed by atoms with E-state index in [1.165, 1.54) is 96.7 Å². The fraction of sp³-hybridized carbons (Fsp3) is 1.00. The molecule has 0 spiro atoms. The second kappa shape index (κ2) is 10.9. The zero-order valence-corrected chi connectivity index (χ0v) is 14.5. The summed E-state index contributed by atoms with van der Waals surface area (Å²) in [5.74, 6) is 0. The van der Waals surface area contributed by atoms with E-state index >= 15 is 0 Å². The van der Waals surface area contributed by atoms with Crippen LogP contribution in [-0.2, 0) is 0 Å². The third kappa shape index (κ3) is 6.32. The smallest absolute Gasteiger partial charge is 0.00134 e. The van der Waals surface area contributed by atoms with Gasteiger partial charge in [-0.2, -0.15) is 0 Å². The lowest BCUT2D eigenvalue weighted by molar-refractivity contribution is 0.0180. The molecule has 3 aliphatic heterocycles. The maximum atomic E-state index is 2.66. The van der Waals surface area contributed by atoms with Crippen molar-refractivity contribution >= 4 is 12.4 Å². The van der Waals surface area contributed by atoms with Gasteiger partial charge in [0.2, 0.25) is 0 Å². The van der Waals surface area contributed by atoms with Gasteiger partial charge in [-0.1, -0.05) is 58.3 Å². The summed E-state index contributed by atoms with van der Waals surface area (Å²) in [6, 6.07) is 0. The van der Waals surface area contributed by atoms with Gasteiger partial charge in [-0.25, -0.2) is 0 Å². The van der Waals surface area contributed by atoms with E-state index in [0.29, 0.717) is 0 Å². The van der Waals surface area contributed by atoms with Crippen LogP contribution in [0.3, 0.4) is 0 Å². The Kier molecular flexibility index (Phi) is 11.0. The average molecular weight is 305 g/mol. The SMILES string of the molecule is CCCCCCCCCCC12CCN(CC1)CC2.Cl.N.